The van der Waals surface area contributed by atoms with Gasteiger partial charge in [-0.1, -0.05) is 57.4 Å². The lowest BCUT2D eigenvalue weighted by atomic mass is 10.4. The van der Waals surface area contributed by atoms with Gasteiger partial charge in [-0.05, 0) is 6.42 Å². The first-order valence-electron chi connectivity index (χ1n) is 4.40. The second-order valence-electron chi connectivity index (χ2n) is 3.46. The Bertz CT molecular complexity index is 438. The smallest absolute Gasteiger partial charge is 0.109 e. The second kappa shape index (κ2) is 4.84. The van der Waals surface area contributed by atoms with Gasteiger partial charge < -0.3 is 0 Å². The molecule has 0 unspecified atom stereocenters. The summed E-state index contributed by atoms with van der Waals surface area (Å²) < 4.78 is 5.74. The van der Waals surface area contributed by atoms with Crippen molar-refractivity contribution in [1.82, 2.24) is 0 Å². The van der Waals surface area contributed by atoms with Crippen LogP contribution in [0.15, 0.2) is 8.42 Å². The molecule has 0 spiro atoms. The summed E-state index contributed by atoms with van der Waals surface area (Å²) in [5, 5.41) is 1.64. The van der Waals surface area contributed by atoms with Gasteiger partial charge in [0.05, 0.1) is 8.42 Å². The van der Waals surface area contributed by atoms with E-state index in [9.17, 15) is 0 Å². The molecule has 3 rings (SSSR count). The van der Waals surface area contributed by atoms with Crippen molar-refractivity contribution in [2.45, 2.75) is 33.2 Å². The molecule has 1 saturated carbocycles. The van der Waals surface area contributed by atoms with Crippen molar-refractivity contribution in [3.63, 3.8) is 0 Å². The zero-order valence-electron chi connectivity index (χ0n) is 7.31. The summed E-state index contributed by atoms with van der Waals surface area (Å²) >= 11 is 18.3. The number of alkyl halides is 2. The standard InChI is InChI=1S/C8H6I2S5/c9-2-1-3-5(4(2)10)13-7-6(12-3)14-8(11)15-7/h2-5H,1H2/t2-,3-,4-,5-/m1/s1. The van der Waals surface area contributed by atoms with E-state index in [0.29, 0.717) is 0 Å². The highest BCUT2D eigenvalue weighted by Crippen LogP contribution is 2.57. The predicted molar refractivity (Wildman–Crippen MR) is 92.6 cm³/mol. The number of rotatable bonds is 0. The highest BCUT2D eigenvalue weighted by molar-refractivity contribution is 14.1. The van der Waals surface area contributed by atoms with Gasteiger partial charge in [0, 0.05) is 18.3 Å². The van der Waals surface area contributed by atoms with E-state index in [0.717, 1.165) is 21.5 Å². The lowest BCUT2D eigenvalue weighted by Crippen LogP contribution is -2.23. The molecule has 0 N–H and O–H groups in total. The minimum Gasteiger partial charge on any atom is -0.109 e. The van der Waals surface area contributed by atoms with Crippen molar-refractivity contribution >= 4 is 104 Å². The highest BCUT2D eigenvalue weighted by atomic mass is 127. The number of hydrogen-bond acceptors (Lipinski definition) is 5. The average molecular weight is 516 g/mol. The Morgan fingerprint density at radius 3 is 2.53 bits per heavy atom. The first kappa shape index (κ1) is 12.5. The van der Waals surface area contributed by atoms with Crippen LogP contribution in [0.5, 0.6) is 0 Å². The summed E-state index contributed by atoms with van der Waals surface area (Å²) in [6.07, 6.45) is 1.37. The topological polar surface area (TPSA) is 0 Å². The number of halogens is 2. The molecule has 0 bridgehead atoms. The monoisotopic (exact) mass is 516 g/mol. The van der Waals surface area contributed by atoms with Crippen molar-refractivity contribution in [1.29, 1.82) is 0 Å². The molecule has 0 amide bonds. The molecule has 1 aliphatic heterocycles. The Balaban J connectivity index is 1.95. The summed E-state index contributed by atoms with van der Waals surface area (Å²) in [5.41, 5.74) is 0. The first-order chi connectivity index (χ1) is 7.15. The number of thioether (sulfide) groups is 2. The molecular weight excluding hydrogens is 510 g/mol. The van der Waals surface area contributed by atoms with Gasteiger partial charge >= 0.3 is 0 Å². The largest absolute Gasteiger partial charge is 0.145 e. The van der Waals surface area contributed by atoms with Gasteiger partial charge in [0.1, 0.15) is 3.14 Å². The van der Waals surface area contributed by atoms with Gasteiger partial charge in [-0.15, -0.1) is 46.2 Å². The van der Waals surface area contributed by atoms with Crippen LogP contribution in [-0.2, 0) is 0 Å². The van der Waals surface area contributed by atoms with Crippen LogP contribution in [0.2, 0.25) is 0 Å². The predicted octanol–water partition coefficient (Wildman–Crippen LogP) is 5.48. The molecule has 1 aliphatic carbocycles. The maximum absolute atomic E-state index is 5.27. The molecule has 7 heteroatoms. The van der Waals surface area contributed by atoms with Gasteiger partial charge in [0.25, 0.3) is 0 Å². The Hall–Kier alpha value is 2.43. The lowest BCUT2D eigenvalue weighted by Gasteiger charge is -2.25. The maximum Gasteiger partial charge on any atom is 0.145 e. The molecule has 15 heavy (non-hydrogen) atoms. The summed E-state index contributed by atoms with van der Waals surface area (Å²) in [4.78, 5) is 0. The SMILES string of the molecule is S=c1sc2c(s1)S[C@@H]1C[C@@H](I)[C@@H](I)[C@@H]1S2. The molecule has 1 fully saturated rings. The zero-order valence-corrected chi connectivity index (χ0v) is 15.7. The van der Waals surface area contributed by atoms with Crippen molar-refractivity contribution in [3.05, 3.63) is 3.14 Å². The van der Waals surface area contributed by atoms with Gasteiger partial charge in [0.2, 0.25) is 0 Å². The minimum absolute atomic E-state index is 0.810. The molecule has 0 saturated heterocycles. The van der Waals surface area contributed by atoms with Crippen LogP contribution < -0.4 is 0 Å². The third-order valence-electron chi connectivity index (χ3n) is 2.50. The van der Waals surface area contributed by atoms with E-state index >= 15 is 0 Å². The number of fused-ring (bicyclic) bond motifs is 2. The zero-order chi connectivity index (χ0) is 10.6. The first-order valence-corrected chi connectivity index (χ1v) is 10.7. The minimum atomic E-state index is 0.810. The fraction of sp³-hybridized carbons (Fsp3) is 0.625. The lowest BCUT2D eigenvalue weighted by molar-refractivity contribution is 0.926. The van der Waals surface area contributed by atoms with Crippen molar-refractivity contribution < 1.29 is 0 Å². The van der Waals surface area contributed by atoms with Gasteiger partial charge in [0.15, 0.2) is 0 Å². The maximum atomic E-state index is 5.27. The van der Waals surface area contributed by atoms with E-state index in [2.05, 4.69) is 68.7 Å². The van der Waals surface area contributed by atoms with Gasteiger partial charge in [-0.3, -0.25) is 0 Å². The van der Waals surface area contributed by atoms with Crippen LogP contribution in [0.3, 0.4) is 0 Å². The van der Waals surface area contributed by atoms with Crippen LogP contribution in [0.4, 0.5) is 0 Å². The molecule has 4 atom stereocenters. The average Bonchev–Trinajstić information content (AvgIpc) is 2.65. The molecular formula is C8H6I2S5. The van der Waals surface area contributed by atoms with Crippen LogP contribution in [-0.4, -0.2) is 18.3 Å². The molecule has 0 aromatic carbocycles. The quantitative estimate of drug-likeness (QED) is 0.255. The van der Waals surface area contributed by atoms with Crippen LogP contribution >= 0.6 is 104 Å². The third kappa shape index (κ3) is 2.32. The van der Waals surface area contributed by atoms with Crippen LogP contribution in [0.25, 0.3) is 0 Å². The molecule has 0 radical (unpaired) electrons. The highest BCUT2D eigenvalue weighted by Gasteiger charge is 2.45. The van der Waals surface area contributed by atoms with E-state index in [1.54, 1.807) is 0 Å². The molecule has 0 nitrogen and oxygen atoms in total. The summed E-state index contributed by atoms with van der Waals surface area (Å²) in [6.45, 7) is 0. The van der Waals surface area contributed by atoms with E-state index < -0.39 is 0 Å². The second-order valence-corrected chi connectivity index (χ2v) is 12.7. The van der Waals surface area contributed by atoms with Crippen LogP contribution in [0.1, 0.15) is 6.42 Å². The third-order valence-corrected chi connectivity index (χ3v) is 13.7. The van der Waals surface area contributed by atoms with E-state index in [1.807, 2.05) is 22.7 Å². The van der Waals surface area contributed by atoms with Gasteiger partial charge in [-0.2, -0.15) is 0 Å². The Morgan fingerprint density at radius 1 is 1.13 bits per heavy atom. The Kier molecular flexibility index (Phi) is 4.02. The van der Waals surface area contributed by atoms with Crippen molar-refractivity contribution in [3.8, 4) is 0 Å². The number of hydrogen-bond donors (Lipinski definition) is 0. The van der Waals surface area contributed by atoms with E-state index in [-0.39, 0.29) is 0 Å². The summed E-state index contributed by atoms with van der Waals surface area (Å²) in [5.74, 6) is 0. The van der Waals surface area contributed by atoms with E-state index in [4.69, 9.17) is 12.2 Å². The molecule has 1 aromatic heterocycles. The molecule has 82 valence electrons. The van der Waals surface area contributed by atoms with E-state index in [1.165, 1.54) is 14.8 Å². The van der Waals surface area contributed by atoms with Crippen molar-refractivity contribution in [2.75, 3.05) is 0 Å². The molecule has 1 aromatic rings. The Labute approximate surface area is 138 Å². The fourth-order valence-corrected chi connectivity index (χ4v) is 12.1. The molecule has 2 heterocycles. The summed E-state index contributed by atoms with van der Waals surface area (Å²) in [6, 6.07) is 0. The van der Waals surface area contributed by atoms with Crippen LogP contribution in [0, 0.1) is 3.14 Å². The molecule has 2 aliphatic rings. The fourth-order valence-electron chi connectivity index (χ4n) is 1.81. The Morgan fingerprint density at radius 2 is 1.80 bits per heavy atom. The summed E-state index contributed by atoms with van der Waals surface area (Å²) in [7, 11) is 0. The van der Waals surface area contributed by atoms with Crippen molar-refractivity contribution in [2.24, 2.45) is 0 Å². The van der Waals surface area contributed by atoms with Gasteiger partial charge in [-0.25, -0.2) is 0 Å². The normalized spacial score (nSPS) is 38.8.